The molecule has 1 amide bonds. The molecule has 0 radical (unpaired) electrons. The van der Waals surface area contributed by atoms with Crippen LogP contribution in [0.15, 0.2) is 23.8 Å². The summed E-state index contributed by atoms with van der Waals surface area (Å²) < 4.78 is 17.9. The Morgan fingerprint density at radius 2 is 1.10 bits per heavy atom. The number of allylic oxidation sites excluding steroid dienone is 3. The number of carbonyl (C=O) groups is 1. The molecule has 3 rings (SSSR count). The normalized spacial score (nSPS) is 26.1. The van der Waals surface area contributed by atoms with Crippen molar-refractivity contribution in [3.8, 4) is 0 Å². The van der Waals surface area contributed by atoms with E-state index in [9.17, 15) is 30.3 Å². The van der Waals surface area contributed by atoms with Gasteiger partial charge < -0.3 is 45.1 Å². The highest BCUT2D eigenvalue weighted by Gasteiger charge is 2.46. The van der Waals surface area contributed by atoms with Gasteiger partial charge in [-0.25, -0.2) is 0 Å². The Bertz CT molecular complexity index is 1280. The SMILES string of the molecule is CCCCCCCCCC[C@H]1C[C@H]1CCCC/C=C\CC[C@@H](O)C(=O)N[C@@H](CO[C@@H]1O[C@H](CO)[C@H](O)[C@H](O)[C@H]1OCC=C(C)C)[C@H](O)CCCCCCC[C@@H]1C[C@@H]1CCCCCCCCCC. The van der Waals surface area contributed by atoms with Gasteiger partial charge in [-0.15, -0.1) is 0 Å². The predicted molar refractivity (Wildman–Crippen MR) is 274 cm³/mol. The van der Waals surface area contributed by atoms with Gasteiger partial charge in [-0.2, -0.15) is 0 Å². The van der Waals surface area contributed by atoms with E-state index < -0.39 is 61.5 Å². The van der Waals surface area contributed by atoms with Crippen molar-refractivity contribution in [2.24, 2.45) is 23.7 Å². The van der Waals surface area contributed by atoms with Gasteiger partial charge in [-0.05, 0) is 82.5 Å². The molecular weight excluding hydrogens is 843 g/mol. The lowest BCUT2D eigenvalue weighted by Gasteiger charge is -2.42. The van der Waals surface area contributed by atoms with Crippen molar-refractivity contribution >= 4 is 5.91 Å². The van der Waals surface area contributed by atoms with Crippen LogP contribution in [0.5, 0.6) is 0 Å². The van der Waals surface area contributed by atoms with Crippen molar-refractivity contribution in [1.82, 2.24) is 5.32 Å². The minimum atomic E-state index is -1.39. The van der Waals surface area contributed by atoms with E-state index in [0.717, 1.165) is 54.9 Å². The Labute approximate surface area is 410 Å². The molecule has 10 heteroatoms. The summed E-state index contributed by atoms with van der Waals surface area (Å²) in [5, 5.41) is 56.6. The molecule has 2 aliphatic carbocycles. The van der Waals surface area contributed by atoms with E-state index in [1.807, 2.05) is 19.9 Å². The zero-order valence-corrected chi connectivity index (χ0v) is 43.5. The fraction of sp³-hybridized carbons (Fsp3) is 0.912. The van der Waals surface area contributed by atoms with Gasteiger partial charge in [0.15, 0.2) is 6.29 Å². The number of nitrogens with one attached hydrogen (secondary N) is 1. The number of carbonyl (C=O) groups excluding carboxylic acids is 1. The molecule has 0 spiro atoms. The summed E-state index contributed by atoms with van der Waals surface area (Å²) in [6.45, 7) is 7.82. The van der Waals surface area contributed by atoms with Crippen LogP contribution < -0.4 is 5.32 Å². The quantitative estimate of drug-likeness (QED) is 0.0258. The molecule has 0 aromatic carbocycles. The maximum absolute atomic E-state index is 13.4. The van der Waals surface area contributed by atoms with Crippen LogP contribution in [0.3, 0.4) is 0 Å². The standard InChI is InChI=1S/C57H105NO9/c1-5-7-9-11-13-15-20-26-32-45-40-47(45)34-28-22-17-18-24-31-37-51(61)56(64)58-49(43-66-57-55(65-39-38-44(3)4)54(63)53(62)52(42-59)67-57)50(60)36-30-25-19-23-29-35-48-41-46(48)33-27-21-16-14-12-10-8-6-2/h18,24,38,45-55,57,59-63H,5-17,19-23,25-37,39-43H2,1-4H3,(H,58,64)/b24-18-/t45-,46-,47+,48+,49-,50+,51+,52+,53-,54-,55+,57+/m0/s1. The first-order chi connectivity index (χ1) is 32.6. The van der Waals surface area contributed by atoms with Crippen LogP contribution in [-0.4, -0.2) is 100 Å². The van der Waals surface area contributed by atoms with Gasteiger partial charge in [0, 0.05) is 0 Å². The number of amides is 1. The largest absolute Gasteiger partial charge is 0.394 e. The van der Waals surface area contributed by atoms with E-state index in [4.69, 9.17) is 14.2 Å². The van der Waals surface area contributed by atoms with Crippen molar-refractivity contribution < 1.29 is 44.5 Å². The molecular formula is C57H105NO9. The van der Waals surface area contributed by atoms with Crippen molar-refractivity contribution in [2.45, 2.75) is 289 Å². The average Bonchev–Trinajstić information content (AvgIpc) is 4.25. The van der Waals surface area contributed by atoms with E-state index in [1.54, 1.807) is 0 Å². The molecule has 3 aliphatic rings. The summed E-state index contributed by atoms with van der Waals surface area (Å²) >= 11 is 0. The summed E-state index contributed by atoms with van der Waals surface area (Å²) in [4.78, 5) is 13.4. The lowest BCUT2D eigenvalue weighted by Crippen LogP contribution is -2.61. The van der Waals surface area contributed by atoms with E-state index in [2.05, 4.69) is 31.3 Å². The maximum Gasteiger partial charge on any atom is 0.249 e. The lowest BCUT2D eigenvalue weighted by molar-refractivity contribution is -0.310. The summed E-state index contributed by atoms with van der Waals surface area (Å²) in [6.07, 6.45) is 38.3. The van der Waals surface area contributed by atoms with E-state index in [1.165, 1.54) is 167 Å². The van der Waals surface area contributed by atoms with Crippen LogP contribution in [0.2, 0.25) is 0 Å². The second-order valence-corrected chi connectivity index (χ2v) is 21.5. The molecule has 6 N–H and O–H groups in total. The molecule has 1 heterocycles. The molecule has 1 aliphatic heterocycles. The third-order valence-electron chi connectivity index (χ3n) is 15.2. The highest BCUT2D eigenvalue weighted by Crippen LogP contribution is 2.46. The first kappa shape index (κ1) is 59.9. The first-order valence-corrected chi connectivity index (χ1v) is 28.4. The molecule has 0 aromatic rings. The summed E-state index contributed by atoms with van der Waals surface area (Å²) in [7, 11) is 0. The molecule has 0 aromatic heterocycles. The van der Waals surface area contributed by atoms with Gasteiger partial charge in [0.1, 0.15) is 30.5 Å². The van der Waals surface area contributed by atoms with Crippen molar-refractivity contribution in [3.05, 3.63) is 23.8 Å². The Hall–Kier alpha value is -1.37. The molecule has 12 atom stereocenters. The third kappa shape index (κ3) is 27.2. The van der Waals surface area contributed by atoms with Crippen molar-refractivity contribution in [3.63, 3.8) is 0 Å². The number of hydrogen-bond acceptors (Lipinski definition) is 9. The molecule has 67 heavy (non-hydrogen) atoms. The zero-order valence-electron chi connectivity index (χ0n) is 43.5. The van der Waals surface area contributed by atoms with Gasteiger partial charge in [-0.3, -0.25) is 4.79 Å². The summed E-state index contributed by atoms with van der Waals surface area (Å²) in [6, 6.07) is -0.865. The van der Waals surface area contributed by atoms with Crippen LogP contribution in [0, 0.1) is 23.7 Å². The van der Waals surface area contributed by atoms with Crippen LogP contribution >= 0.6 is 0 Å². The highest BCUT2D eigenvalue weighted by molar-refractivity contribution is 5.80. The Kier molecular flexibility index (Phi) is 33.5. The van der Waals surface area contributed by atoms with Crippen LogP contribution in [0.4, 0.5) is 0 Å². The van der Waals surface area contributed by atoms with Crippen molar-refractivity contribution in [1.29, 1.82) is 0 Å². The monoisotopic (exact) mass is 948 g/mol. The Morgan fingerprint density at radius 3 is 1.61 bits per heavy atom. The van der Waals surface area contributed by atoms with E-state index in [-0.39, 0.29) is 19.6 Å². The fourth-order valence-corrected chi connectivity index (χ4v) is 10.3. The Morgan fingerprint density at radius 1 is 0.627 bits per heavy atom. The fourth-order valence-electron chi connectivity index (χ4n) is 10.3. The van der Waals surface area contributed by atoms with Gasteiger partial charge in [0.05, 0.1) is 32.0 Å². The van der Waals surface area contributed by atoms with Gasteiger partial charge in [0.25, 0.3) is 0 Å². The summed E-state index contributed by atoms with van der Waals surface area (Å²) in [5.74, 6) is 3.21. The number of rotatable bonds is 44. The molecule has 392 valence electrons. The predicted octanol–water partition coefficient (Wildman–Crippen LogP) is 12.0. The zero-order chi connectivity index (χ0) is 48.5. The third-order valence-corrected chi connectivity index (χ3v) is 15.2. The van der Waals surface area contributed by atoms with Crippen LogP contribution in [0.1, 0.15) is 240 Å². The molecule has 10 nitrogen and oxygen atoms in total. The number of aliphatic hydroxyl groups excluding tert-OH is 5. The minimum Gasteiger partial charge on any atom is -0.394 e. The van der Waals surface area contributed by atoms with Gasteiger partial charge in [0.2, 0.25) is 5.91 Å². The van der Waals surface area contributed by atoms with Gasteiger partial charge >= 0.3 is 0 Å². The van der Waals surface area contributed by atoms with E-state index in [0.29, 0.717) is 12.8 Å². The van der Waals surface area contributed by atoms with Crippen LogP contribution in [0.25, 0.3) is 0 Å². The second-order valence-electron chi connectivity index (χ2n) is 21.5. The summed E-state index contributed by atoms with van der Waals surface area (Å²) in [5.41, 5.74) is 1.01. The van der Waals surface area contributed by atoms with Gasteiger partial charge in [-0.1, -0.05) is 205 Å². The molecule has 3 fully saturated rings. The topological polar surface area (TPSA) is 158 Å². The molecule has 0 bridgehead atoms. The Balaban J connectivity index is 1.37. The van der Waals surface area contributed by atoms with Crippen molar-refractivity contribution in [2.75, 3.05) is 19.8 Å². The highest BCUT2D eigenvalue weighted by atomic mass is 16.7. The number of aliphatic hydroxyl groups is 5. The maximum atomic E-state index is 13.4. The second kappa shape index (κ2) is 37.4. The van der Waals surface area contributed by atoms with E-state index >= 15 is 0 Å². The number of ether oxygens (including phenoxy) is 3. The van der Waals surface area contributed by atoms with Crippen LogP contribution in [-0.2, 0) is 19.0 Å². The molecule has 1 saturated heterocycles. The number of hydrogen-bond donors (Lipinski definition) is 6. The number of unbranched alkanes of at least 4 members (excludes halogenated alkanes) is 20. The first-order valence-electron chi connectivity index (χ1n) is 28.4. The average molecular weight is 948 g/mol. The minimum absolute atomic E-state index is 0.147. The molecule has 0 unspecified atom stereocenters. The smallest absolute Gasteiger partial charge is 0.249 e. The lowest BCUT2D eigenvalue weighted by atomic mass is 9.99. The molecule has 2 saturated carbocycles.